The summed E-state index contributed by atoms with van der Waals surface area (Å²) in [5.41, 5.74) is 1.04. The number of aromatic nitrogens is 1. The number of hydrogen-bond donors (Lipinski definition) is 4. The van der Waals surface area contributed by atoms with Gasteiger partial charge in [0.2, 0.25) is 11.8 Å². The fourth-order valence-corrected chi connectivity index (χ4v) is 6.34. The SMILES string of the molecule is CC[C@H](C)[C@H](NC(=O)[C@H]1CCCN1C)C(=O)N[C@H](CC(=O)c1nc(C(=O)N[C@@H](Cc2ccccc2)C[C@H](C)C(=O)O)cs1)C(C)C. The molecular formula is C34H49N5O6S. The standard InChI is InChI=1S/C34H49N5O6S/c1-7-21(4)29(38-31(42)27-14-11-15-39(27)6)32(43)36-25(20(2)3)18-28(40)33-37-26(19-46-33)30(41)35-24(16-22(5)34(44)45)17-23-12-9-8-10-13-23/h8-10,12-13,19-22,24-25,27,29H,7,11,14-18H2,1-6H3,(H,35,41)(H,36,43)(H,38,42)(H,44,45)/t21-,22-,24+,25+,27+,29-/m0/s1. The number of rotatable bonds is 17. The highest BCUT2D eigenvalue weighted by Gasteiger charge is 2.34. The number of carboxylic acids is 1. The molecule has 1 fully saturated rings. The van der Waals surface area contributed by atoms with Crippen LogP contribution in [0, 0.1) is 17.8 Å². The monoisotopic (exact) mass is 655 g/mol. The summed E-state index contributed by atoms with van der Waals surface area (Å²) in [6.45, 7) is 10.2. The number of ketones is 1. The number of thiazole rings is 1. The van der Waals surface area contributed by atoms with E-state index in [1.165, 1.54) is 5.38 Å². The van der Waals surface area contributed by atoms with Crippen molar-refractivity contribution in [2.75, 3.05) is 13.6 Å². The highest BCUT2D eigenvalue weighted by atomic mass is 32.1. The molecule has 4 N–H and O–H groups in total. The summed E-state index contributed by atoms with van der Waals surface area (Å²) in [4.78, 5) is 70.8. The minimum absolute atomic E-state index is 0.0166. The van der Waals surface area contributed by atoms with Crippen molar-refractivity contribution in [3.05, 3.63) is 52.0 Å². The molecule has 3 amide bonds. The average molecular weight is 656 g/mol. The number of carboxylic acid groups (broad SMARTS) is 1. The summed E-state index contributed by atoms with van der Waals surface area (Å²) in [6, 6.07) is 7.55. The third-order valence-electron chi connectivity index (χ3n) is 8.85. The van der Waals surface area contributed by atoms with Crippen LogP contribution < -0.4 is 16.0 Å². The first-order valence-electron chi connectivity index (χ1n) is 16.2. The Hall–Kier alpha value is -3.64. The van der Waals surface area contributed by atoms with Gasteiger partial charge in [-0.1, -0.05) is 71.4 Å². The summed E-state index contributed by atoms with van der Waals surface area (Å²) < 4.78 is 0. The Morgan fingerprint density at radius 2 is 1.74 bits per heavy atom. The molecule has 1 aromatic heterocycles. The number of likely N-dealkylation sites (tertiary alicyclic amines) is 1. The number of nitrogens with one attached hydrogen (secondary N) is 3. The predicted molar refractivity (Wildman–Crippen MR) is 178 cm³/mol. The largest absolute Gasteiger partial charge is 0.481 e. The number of carbonyl (C=O) groups is 5. The van der Waals surface area contributed by atoms with Gasteiger partial charge in [-0.05, 0) is 56.7 Å². The zero-order valence-corrected chi connectivity index (χ0v) is 28.6. The summed E-state index contributed by atoms with van der Waals surface area (Å²) in [5.74, 6) is -3.07. The van der Waals surface area contributed by atoms with Gasteiger partial charge in [0.15, 0.2) is 10.8 Å². The van der Waals surface area contributed by atoms with Crippen LogP contribution in [0.5, 0.6) is 0 Å². The van der Waals surface area contributed by atoms with E-state index < -0.39 is 35.9 Å². The van der Waals surface area contributed by atoms with Crippen LogP contribution in [0.2, 0.25) is 0 Å². The maximum Gasteiger partial charge on any atom is 0.306 e. The van der Waals surface area contributed by atoms with Gasteiger partial charge in [0.1, 0.15) is 11.7 Å². The quantitative estimate of drug-likeness (QED) is 0.187. The molecule has 6 atom stereocenters. The van der Waals surface area contributed by atoms with Crippen LogP contribution in [-0.2, 0) is 20.8 Å². The molecular weight excluding hydrogens is 606 g/mol. The number of nitrogens with zero attached hydrogens (tertiary/aromatic N) is 2. The molecule has 0 unspecified atom stereocenters. The van der Waals surface area contributed by atoms with Crippen LogP contribution in [-0.4, -0.2) is 82.2 Å². The molecule has 0 spiro atoms. The smallest absolute Gasteiger partial charge is 0.306 e. The lowest BCUT2D eigenvalue weighted by Gasteiger charge is -2.29. The molecule has 12 heteroatoms. The third kappa shape index (κ3) is 10.4. The molecule has 0 radical (unpaired) electrons. The van der Waals surface area contributed by atoms with E-state index in [0.29, 0.717) is 12.8 Å². The Kier molecular flexibility index (Phi) is 13.9. The number of likely N-dealkylation sites (N-methyl/N-ethyl adjacent to an activating group) is 1. The molecule has 1 aliphatic rings. The van der Waals surface area contributed by atoms with Crippen LogP contribution in [0.15, 0.2) is 35.7 Å². The average Bonchev–Trinajstić information content (AvgIpc) is 3.69. The molecule has 0 saturated carbocycles. The lowest BCUT2D eigenvalue weighted by molar-refractivity contribution is -0.141. The molecule has 0 bridgehead atoms. The first kappa shape index (κ1) is 36.8. The van der Waals surface area contributed by atoms with Gasteiger partial charge in [0, 0.05) is 23.9 Å². The second kappa shape index (κ2) is 17.3. The molecule has 1 saturated heterocycles. The zero-order chi connectivity index (χ0) is 34.0. The van der Waals surface area contributed by atoms with Crippen molar-refractivity contribution in [2.45, 2.75) is 97.3 Å². The highest BCUT2D eigenvalue weighted by Crippen LogP contribution is 2.20. The maximum atomic E-state index is 13.5. The van der Waals surface area contributed by atoms with Gasteiger partial charge in [-0.15, -0.1) is 11.3 Å². The summed E-state index contributed by atoms with van der Waals surface area (Å²) in [5, 5.41) is 20.0. The van der Waals surface area contributed by atoms with E-state index in [1.807, 2.05) is 70.0 Å². The molecule has 1 aliphatic heterocycles. The topological polar surface area (TPSA) is 158 Å². The van der Waals surface area contributed by atoms with Crippen molar-refractivity contribution in [2.24, 2.45) is 17.8 Å². The third-order valence-corrected chi connectivity index (χ3v) is 9.73. The number of amides is 3. The van der Waals surface area contributed by atoms with E-state index in [1.54, 1.807) is 6.92 Å². The van der Waals surface area contributed by atoms with Crippen molar-refractivity contribution in [1.82, 2.24) is 25.8 Å². The minimum Gasteiger partial charge on any atom is -0.481 e. The maximum absolute atomic E-state index is 13.5. The lowest BCUT2D eigenvalue weighted by atomic mass is 9.94. The second-order valence-electron chi connectivity index (χ2n) is 12.9. The van der Waals surface area contributed by atoms with Crippen molar-refractivity contribution in [3.63, 3.8) is 0 Å². The summed E-state index contributed by atoms with van der Waals surface area (Å²) in [7, 11) is 1.91. The number of carbonyl (C=O) groups excluding carboxylic acids is 4. The van der Waals surface area contributed by atoms with Crippen LogP contribution in [0.3, 0.4) is 0 Å². The van der Waals surface area contributed by atoms with Crippen molar-refractivity contribution < 1.29 is 29.1 Å². The molecule has 1 aromatic carbocycles. The van der Waals surface area contributed by atoms with Crippen LogP contribution >= 0.6 is 11.3 Å². The Bertz CT molecular complexity index is 1350. The normalized spacial score (nSPS) is 18.3. The Morgan fingerprint density at radius 3 is 2.33 bits per heavy atom. The van der Waals surface area contributed by atoms with Crippen LogP contribution in [0.1, 0.15) is 92.6 Å². The summed E-state index contributed by atoms with van der Waals surface area (Å²) in [6.07, 6.45) is 3.04. The van der Waals surface area contributed by atoms with E-state index >= 15 is 0 Å². The van der Waals surface area contributed by atoms with Crippen molar-refractivity contribution in [1.29, 1.82) is 0 Å². The van der Waals surface area contributed by atoms with Crippen LogP contribution in [0.4, 0.5) is 0 Å². The van der Waals surface area contributed by atoms with E-state index in [0.717, 1.165) is 36.3 Å². The van der Waals surface area contributed by atoms with E-state index in [-0.39, 0.29) is 59.0 Å². The molecule has 0 aliphatic carbocycles. The first-order valence-corrected chi connectivity index (χ1v) is 17.1. The number of hydrogen-bond acceptors (Lipinski definition) is 8. The fraction of sp³-hybridized carbons (Fsp3) is 0.588. The van der Waals surface area contributed by atoms with Gasteiger partial charge in [-0.25, -0.2) is 4.98 Å². The Morgan fingerprint density at radius 1 is 1.04 bits per heavy atom. The van der Waals surface area contributed by atoms with Gasteiger partial charge in [0.05, 0.1) is 12.0 Å². The van der Waals surface area contributed by atoms with Crippen LogP contribution in [0.25, 0.3) is 0 Å². The molecule has 2 heterocycles. The zero-order valence-electron chi connectivity index (χ0n) is 27.7. The van der Waals surface area contributed by atoms with Crippen molar-refractivity contribution in [3.8, 4) is 0 Å². The Labute approximate surface area is 275 Å². The van der Waals surface area contributed by atoms with Gasteiger partial charge in [-0.2, -0.15) is 0 Å². The van der Waals surface area contributed by atoms with Crippen molar-refractivity contribution >= 4 is 40.8 Å². The number of Topliss-reactive ketones (excluding diaryl/α,β-unsaturated/α-hetero) is 1. The molecule has 46 heavy (non-hydrogen) atoms. The first-order chi connectivity index (χ1) is 21.8. The number of benzene rings is 1. The molecule has 3 rings (SSSR count). The van der Waals surface area contributed by atoms with E-state index in [4.69, 9.17) is 0 Å². The summed E-state index contributed by atoms with van der Waals surface area (Å²) >= 11 is 1.06. The van der Waals surface area contributed by atoms with Gasteiger partial charge >= 0.3 is 5.97 Å². The van der Waals surface area contributed by atoms with Gasteiger partial charge < -0.3 is 21.1 Å². The Balaban J connectivity index is 1.66. The lowest BCUT2D eigenvalue weighted by Crippen LogP contribution is -2.56. The second-order valence-corrected chi connectivity index (χ2v) is 13.7. The van der Waals surface area contributed by atoms with Gasteiger partial charge in [-0.3, -0.25) is 28.9 Å². The van der Waals surface area contributed by atoms with E-state index in [9.17, 15) is 29.1 Å². The predicted octanol–water partition coefficient (Wildman–Crippen LogP) is 3.93. The van der Waals surface area contributed by atoms with E-state index in [2.05, 4.69) is 20.9 Å². The number of aliphatic carboxylic acids is 1. The molecule has 11 nitrogen and oxygen atoms in total. The molecule has 252 valence electrons. The molecule has 2 aromatic rings. The minimum atomic E-state index is -0.945. The fourth-order valence-electron chi connectivity index (χ4n) is 5.59. The van der Waals surface area contributed by atoms with Gasteiger partial charge in [0.25, 0.3) is 5.91 Å². The highest BCUT2D eigenvalue weighted by molar-refractivity contribution is 7.11.